The van der Waals surface area contributed by atoms with E-state index < -0.39 is 0 Å². The van der Waals surface area contributed by atoms with E-state index in [2.05, 4.69) is 30.7 Å². The normalized spacial score (nSPS) is 18.2. The molecule has 1 fully saturated rings. The number of likely N-dealkylation sites (tertiary alicyclic amines) is 1. The Morgan fingerprint density at radius 3 is 2.56 bits per heavy atom. The van der Waals surface area contributed by atoms with Crippen LogP contribution in [-0.2, 0) is 0 Å². The number of nitrogens with zero attached hydrogens (tertiary/aromatic N) is 2. The summed E-state index contributed by atoms with van der Waals surface area (Å²) in [5.74, 6) is 0.794. The highest BCUT2D eigenvalue weighted by molar-refractivity contribution is 6.29. The van der Waals surface area contributed by atoms with Crippen molar-refractivity contribution in [2.45, 2.75) is 32.4 Å². The van der Waals surface area contributed by atoms with Gasteiger partial charge in [-0.15, -0.1) is 0 Å². The third-order valence-electron chi connectivity index (χ3n) is 2.80. The third kappa shape index (κ3) is 2.66. The molecule has 1 aliphatic heterocycles. The zero-order valence-electron chi connectivity index (χ0n) is 9.90. The van der Waals surface area contributed by atoms with E-state index in [-0.39, 0.29) is 11.6 Å². The van der Waals surface area contributed by atoms with Crippen molar-refractivity contribution in [1.82, 2.24) is 9.88 Å². The molecule has 0 N–H and O–H groups in total. The second-order valence-corrected chi connectivity index (χ2v) is 5.52. The van der Waals surface area contributed by atoms with Gasteiger partial charge in [-0.05, 0) is 32.9 Å². The smallest absolute Gasteiger partial charge is 0.138 e. The van der Waals surface area contributed by atoms with Gasteiger partial charge >= 0.3 is 0 Å². The Hall–Kier alpha value is -0.800. The van der Waals surface area contributed by atoms with Crippen molar-refractivity contribution >= 4 is 11.6 Å². The molecule has 0 saturated carbocycles. The molecule has 0 amide bonds. The van der Waals surface area contributed by atoms with E-state index in [1.54, 1.807) is 12.3 Å². The summed E-state index contributed by atoms with van der Waals surface area (Å²) in [6.07, 6.45) is 1.95. The number of rotatable bonds is 2. The minimum absolute atomic E-state index is 0.234. The van der Waals surface area contributed by atoms with Crippen molar-refractivity contribution in [1.29, 1.82) is 0 Å². The summed E-state index contributed by atoms with van der Waals surface area (Å²) in [6, 6.07) is 3.60. The molecule has 0 atom stereocenters. The summed E-state index contributed by atoms with van der Waals surface area (Å²) in [7, 11) is 0. The van der Waals surface area contributed by atoms with Gasteiger partial charge in [0.25, 0.3) is 0 Å². The molecule has 4 heteroatoms. The van der Waals surface area contributed by atoms with Crippen molar-refractivity contribution in [2.24, 2.45) is 0 Å². The SMILES string of the molecule is CC(C)(C)N1CC(Oc2ccc(Cl)nc2)C1. The molecule has 0 bridgehead atoms. The fraction of sp³-hybridized carbons (Fsp3) is 0.583. The summed E-state index contributed by atoms with van der Waals surface area (Å²) >= 11 is 5.70. The van der Waals surface area contributed by atoms with Crippen LogP contribution in [0, 0.1) is 0 Å². The van der Waals surface area contributed by atoms with Crippen LogP contribution < -0.4 is 4.74 Å². The van der Waals surface area contributed by atoms with Crippen LogP contribution in [0.1, 0.15) is 20.8 Å². The average molecular weight is 241 g/mol. The maximum absolute atomic E-state index is 5.77. The van der Waals surface area contributed by atoms with Gasteiger partial charge in [0, 0.05) is 18.6 Å². The fourth-order valence-corrected chi connectivity index (χ4v) is 1.80. The standard InChI is InChI=1S/C12H17ClN2O/c1-12(2,3)15-7-10(8-15)16-9-4-5-11(13)14-6-9/h4-6,10H,7-8H2,1-3H3. The van der Waals surface area contributed by atoms with E-state index in [4.69, 9.17) is 16.3 Å². The summed E-state index contributed by atoms with van der Waals surface area (Å²) in [6.45, 7) is 8.60. The Bertz CT molecular complexity index is 352. The molecule has 1 aromatic rings. The highest BCUT2D eigenvalue weighted by Gasteiger charge is 2.35. The van der Waals surface area contributed by atoms with Crippen molar-refractivity contribution < 1.29 is 4.74 Å². The van der Waals surface area contributed by atoms with Gasteiger partial charge in [-0.25, -0.2) is 4.98 Å². The van der Waals surface area contributed by atoms with Gasteiger partial charge < -0.3 is 4.74 Å². The maximum atomic E-state index is 5.77. The minimum atomic E-state index is 0.234. The lowest BCUT2D eigenvalue weighted by atomic mass is 9.99. The second kappa shape index (κ2) is 4.22. The zero-order valence-corrected chi connectivity index (χ0v) is 10.7. The quantitative estimate of drug-likeness (QED) is 0.743. The van der Waals surface area contributed by atoms with Gasteiger partial charge in [0.05, 0.1) is 6.20 Å². The molecule has 0 unspecified atom stereocenters. The van der Waals surface area contributed by atoms with E-state index in [0.717, 1.165) is 18.8 Å². The molecule has 16 heavy (non-hydrogen) atoms. The molecule has 0 aliphatic carbocycles. The molecule has 1 aromatic heterocycles. The first-order chi connectivity index (χ1) is 7.45. The Kier molecular flexibility index (Phi) is 3.08. The Morgan fingerprint density at radius 2 is 2.06 bits per heavy atom. The molecular weight excluding hydrogens is 224 g/mol. The van der Waals surface area contributed by atoms with Crippen molar-refractivity contribution in [2.75, 3.05) is 13.1 Å². The topological polar surface area (TPSA) is 25.4 Å². The van der Waals surface area contributed by atoms with Crippen molar-refractivity contribution in [3.05, 3.63) is 23.5 Å². The van der Waals surface area contributed by atoms with Crippen LogP contribution in [0.15, 0.2) is 18.3 Å². The van der Waals surface area contributed by atoms with E-state index in [9.17, 15) is 0 Å². The number of ether oxygens (including phenoxy) is 1. The lowest BCUT2D eigenvalue weighted by Gasteiger charge is -2.47. The lowest BCUT2D eigenvalue weighted by Crippen LogP contribution is -2.60. The predicted molar refractivity (Wildman–Crippen MR) is 65.0 cm³/mol. The minimum Gasteiger partial charge on any atom is -0.486 e. The molecule has 2 rings (SSSR count). The van der Waals surface area contributed by atoms with Crippen LogP contribution in [0.5, 0.6) is 5.75 Å². The number of pyridine rings is 1. The number of hydrogen-bond acceptors (Lipinski definition) is 3. The maximum Gasteiger partial charge on any atom is 0.138 e. The first kappa shape index (κ1) is 11.7. The average Bonchev–Trinajstić information content (AvgIpc) is 2.11. The second-order valence-electron chi connectivity index (χ2n) is 5.13. The monoisotopic (exact) mass is 240 g/mol. The van der Waals surface area contributed by atoms with Gasteiger partial charge in [0.2, 0.25) is 0 Å². The molecule has 0 aromatic carbocycles. The number of aromatic nitrogens is 1. The van der Waals surface area contributed by atoms with Crippen molar-refractivity contribution in [3.63, 3.8) is 0 Å². The molecule has 1 aliphatic rings. The Balaban J connectivity index is 1.84. The fourth-order valence-electron chi connectivity index (χ4n) is 1.68. The summed E-state index contributed by atoms with van der Waals surface area (Å²) in [5.41, 5.74) is 0.234. The summed E-state index contributed by atoms with van der Waals surface area (Å²) in [4.78, 5) is 6.38. The van der Waals surface area contributed by atoms with Crippen LogP contribution in [0.25, 0.3) is 0 Å². The Morgan fingerprint density at radius 1 is 1.38 bits per heavy atom. The highest BCUT2D eigenvalue weighted by atomic mass is 35.5. The van der Waals surface area contributed by atoms with Gasteiger partial charge in [0.1, 0.15) is 17.0 Å². The molecule has 2 heterocycles. The van der Waals surface area contributed by atoms with E-state index in [0.29, 0.717) is 5.15 Å². The summed E-state index contributed by atoms with van der Waals surface area (Å²) in [5, 5.41) is 0.497. The van der Waals surface area contributed by atoms with Gasteiger partial charge in [-0.2, -0.15) is 0 Å². The largest absolute Gasteiger partial charge is 0.486 e. The van der Waals surface area contributed by atoms with Crippen LogP contribution >= 0.6 is 11.6 Å². The van der Waals surface area contributed by atoms with Crippen molar-refractivity contribution in [3.8, 4) is 5.75 Å². The number of hydrogen-bond donors (Lipinski definition) is 0. The molecule has 3 nitrogen and oxygen atoms in total. The van der Waals surface area contributed by atoms with Crippen LogP contribution in [-0.4, -0.2) is 34.6 Å². The van der Waals surface area contributed by atoms with E-state index in [1.807, 2.05) is 6.07 Å². The molecule has 1 saturated heterocycles. The van der Waals surface area contributed by atoms with Crippen LogP contribution in [0.3, 0.4) is 0 Å². The lowest BCUT2D eigenvalue weighted by molar-refractivity contribution is -0.0351. The van der Waals surface area contributed by atoms with Crippen LogP contribution in [0.4, 0.5) is 0 Å². The first-order valence-corrected chi connectivity index (χ1v) is 5.86. The molecule has 0 radical (unpaired) electrons. The number of halogens is 1. The highest BCUT2D eigenvalue weighted by Crippen LogP contribution is 2.24. The van der Waals surface area contributed by atoms with E-state index >= 15 is 0 Å². The van der Waals surface area contributed by atoms with E-state index in [1.165, 1.54) is 0 Å². The first-order valence-electron chi connectivity index (χ1n) is 5.48. The van der Waals surface area contributed by atoms with Gasteiger partial charge in [0.15, 0.2) is 0 Å². The summed E-state index contributed by atoms with van der Waals surface area (Å²) < 4.78 is 5.77. The molecular formula is C12H17ClN2O. The van der Waals surface area contributed by atoms with Gasteiger partial charge in [-0.1, -0.05) is 11.6 Å². The third-order valence-corrected chi connectivity index (χ3v) is 3.02. The molecule has 88 valence electrons. The predicted octanol–water partition coefficient (Wildman–Crippen LogP) is 2.60. The Labute approximate surface area is 101 Å². The molecule has 0 spiro atoms. The van der Waals surface area contributed by atoms with Crippen LogP contribution in [0.2, 0.25) is 5.15 Å². The van der Waals surface area contributed by atoms with Gasteiger partial charge in [-0.3, -0.25) is 4.90 Å². The zero-order chi connectivity index (χ0) is 11.8.